The molecule has 2 fully saturated rings. The number of hydrogen-bond donors (Lipinski definition) is 0. The van der Waals surface area contributed by atoms with Crippen LogP contribution in [0, 0.1) is 23.7 Å². The van der Waals surface area contributed by atoms with Crippen LogP contribution in [0.25, 0.3) is 0 Å². The van der Waals surface area contributed by atoms with Crippen molar-refractivity contribution in [3.63, 3.8) is 0 Å². The number of rotatable bonds is 2. The van der Waals surface area contributed by atoms with Gasteiger partial charge in [0.15, 0.2) is 0 Å². The SMILES string of the molecule is C.C.CCC1CCC(C2CCC(C)CC2)CC1. The first kappa shape index (κ1) is 17.0. The van der Waals surface area contributed by atoms with E-state index in [2.05, 4.69) is 13.8 Å². The van der Waals surface area contributed by atoms with Gasteiger partial charge in [-0.3, -0.25) is 0 Å². The Balaban J connectivity index is 0.00000128. The molecule has 0 nitrogen and oxygen atoms in total. The number of hydrogen-bond acceptors (Lipinski definition) is 0. The molecule has 0 radical (unpaired) electrons. The first-order valence-corrected chi connectivity index (χ1v) is 7.29. The predicted octanol–water partition coefficient (Wildman–Crippen LogP) is 6.30. The summed E-state index contributed by atoms with van der Waals surface area (Å²) >= 11 is 0. The van der Waals surface area contributed by atoms with Crippen LogP contribution in [0.15, 0.2) is 0 Å². The van der Waals surface area contributed by atoms with Gasteiger partial charge in [0.2, 0.25) is 0 Å². The fraction of sp³-hybridized carbons (Fsp3) is 1.00. The Morgan fingerprint density at radius 1 is 0.706 bits per heavy atom. The van der Waals surface area contributed by atoms with Crippen LogP contribution in [0.1, 0.15) is 86.5 Å². The van der Waals surface area contributed by atoms with Gasteiger partial charge in [0, 0.05) is 0 Å². The molecule has 104 valence electrons. The van der Waals surface area contributed by atoms with Crippen molar-refractivity contribution >= 4 is 0 Å². The van der Waals surface area contributed by atoms with Gasteiger partial charge >= 0.3 is 0 Å². The van der Waals surface area contributed by atoms with Crippen LogP contribution in [0.3, 0.4) is 0 Å². The quantitative estimate of drug-likeness (QED) is 0.531. The van der Waals surface area contributed by atoms with E-state index in [9.17, 15) is 0 Å². The zero-order valence-electron chi connectivity index (χ0n) is 10.7. The standard InChI is InChI=1S/C15H28.2CH4/c1-3-13-6-10-15(11-7-13)14-8-4-12(2)5-9-14;;/h12-15H,3-11H2,1-2H3;2*1H4. The minimum atomic E-state index is 0. The maximum absolute atomic E-state index is 2.43. The van der Waals surface area contributed by atoms with Crippen LogP contribution >= 0.6 is 0 Å². The van der Waals surface area contributed by atoms with Gasteiger partial charge in [0.05, 0.1) is 0 Å². The molecule has 0 aromatic heterocycles. The lowest BCUT2D eigenvalue weighted by atomic mass is 9.69. The Kier molecular flexibility index (Phi) is 8.16. The van der Waals surface area contributed by atoms with Gasteiger partial charge in [-0.25, -0.2) is 0 Å². The first-order chi connectivity index (χ1) is 7.29. The maximum Gasteiger partial charge on any atom is -0.0386 e. The molecule has 0 aromatic rings. The fourth-order valence-corrected chi connectivity index (χ4v) is 3.83. The van der Waals surface area contributed by atoms with Crippen molar-refractivity contribution in [1.29, 1.82) is 0 Å². The molecule has 0 saturated heterocycles. The molecule has 0 unspecified atom stereocenters. The van der Waals surface area contributed by atoms with Crippen LogP contribution < -0.4 is 0 Å². The summed E-state index contributed by atoms with van der Waals surface area (Å²) in [7, 11) is 0. The Hall–Kier alpha value is 0. The minimum Gasteiger partial charge on any atom is -0.0776 e. The van der Waals surface area contributed by atoms with Gasteiger partial charge in [-0.05, 0) is 49.4 Å². The highest BCUT2D eigenvalue weighted by molar-refractivity contribution is 4.80. The molecule has 2 aliphatic rings. The lowest BCUT2D eigenvalue weighted by molar-refractivity contribution is 0.149. The van der Waals surface area contributed by atoms with E-state index >= 15 is 0 Å². The van der Waals surface area contributed by atoms with Gasteiger partial charge in [0.25, 0.3) is 0 Å². The van der Waals surface area contributed by atoms with Crippen molar-refractivity contribution in [2.75, 3.05) is 0 Å². The monoisotopic (exact) mass is 240 g/mol. The van der Waals surface area contributed by atoms with Gasteiger partial charge in [-0.1, -0.05) is 60.8 Å². The van der Waals surface area contributed by atoms with Gasteiger partial charge < -0.3 is 0 Å². The van der Waals surface area contributed by atoms with E-state index in [4.69, 9.17) is 0 Å². The molecular weight excluding hydrogens is 204 g/mol. The van der Waals surface area contributed by atoms with Crippen molar-refractivity contribution in [2.24, 2.45) is 23.7 Å². The lowest BCUT2D eigenvalue weighted by Crippen LogP contribution is -2.25. The van der Waals surface area contributed by atoms with Gasteiger partial charge in [0.1, 0.15) is 0 Å². The molecule has 0 aliphatic heterocycles. The Bertz CT molecular complexity index is 168. The summed E-state index contributed by atoms with van der Waals surface area (Å²) in [6, 6.07) is 0. The van der Waals surface area contributed by atoms with E-state index in [1.807, 2.05) is 0 Å². The third-order valence-electron chi connectivity index (χ3n) is 5.20. The summed E-state index contributed by atoms with van der Waals surface area (Å²) < 4.78 is 0. The van der Waals surface area contributed by atoms with Crippen molar-refractivity contribution < 1.29 is 0 Å². The average Bonchev–Trinajstić information content (AvgIpc) is 2.30. The van der Waals surface area contributed by atoms with E-state index in [1.165, 1.54) is 32.1 Å². The van der Waals surface area contributed by atoms with Gasteiger partial charge in [-0.2, -0.15) is 0 Å². The summed E-state index contributed by atoms with van der Waals surface area (Å²) in [5.74, 6) is 4.32. The normalized spacial score (nSPS) is 37.8. The average molecular weight is 240 g/mol. The molecule has 2 rings (SSSR count). The van der Waals surface area contributed by atoms with Crippen molar-refractivity contribution in [2.45, 2.75) is 86.5 Å². The van der Waals surface area contributed by atoms with Crippen LogP contribution in [0.4, 0.5) is 0 Å². The second-order valence-corrected chi connectivity index (χ2v) is 6.21. The molecule has 0 aromatic carbocycles. The first-order valence-electron chi connectivity index (χ1n) is 7.29. The van der Waals surface area contributed by atoms with Crippen molar-refractivity contribution in [3.8, 4) is 0 Å². The van der Waals surface area contributed by atoms with Crippen molar-refractivity contribution in [3.05, 3.63) is 0 Å². The largest absolute Gasteiger partial charge is 0.0776 e. The summed E-state index contributed by atoms with van der Waals surface area (Å²) in [5, 5.41) is 0. The molecule has 2 aliphatic carbocycles. The molecular formula is C17H36. The van der Waals surface area contributed by atoms with Crippen LogP contribution in [-0.2, 0) is 0 Å². The van der Waals surface area contributed by atoms with Gasteiger partial charge in [-0.15, -0.1) is 0 Å². The Labute approximate surface area is 111 Å². The second kappa shape index (κ2) is 8.16. The minimum absolute atomic E-state index is 0. The predicted molar refractivity (Wildman–Crippen MR) is 80.3 cm³/mol. The summed E-state index contributed by atoms with van der Waals surface area (Å²) in [4.78, 5) is 0. The third kappa shape index (κ3) is 4.64. The van der Waals surface area contributed by atoms with E-state index in [1.54, 1.807) is 25.7 Å². The topological polar surface area (TPSA) is 0 Å². The van der Waals surface area contributed by atoms with Crippen molar-refractivity contribution in [1.82, 2.24) is 0 Å². The van der Waals surface area contributed by atoms with Crippen LogP contribution in [0.2, 0.25) is 0 Å². The Morgan fingerprint density at radius 2 is 1.12 bits per heavy atom. The third-order valence-corrected chi connectivity index (χ3v) is 5.20. The van der Waals surface area contributed by atoms with Crippen LogP contribution in [-0.4, -0.2) is 0 Å². The molecule has 17 heavy (non-hydrogen) atoms. The highest BCUT2D eigenvalue weighted by Gasteiger charge is 2.29. The molecule has 0 heterocycles. The maximum atomic E-state index is 2.43. The fourth-order valence-electron chi connectivity index (χ4n) is 3.83. The summed E-state index contributed by atoms with van der Waals surface area (Å²) in [6.07, 6.45) is 13.7. The Morgan fingerprint density at radius 3 is 1.53 bits per heavy atom. The van der Waals surface area contributed by atoms with E-state index < -0.39 is 0 Å². The molecule has 0 spiro atoms. The highest BCUT2D eigenvalue weighted by Crippen LogP contribution is 2.41. The molecule has 0 N–H and O–H groups in total. The smallest absolute Gasteiger partial charge is 0.0386 e. The zero-order chi connectivity index (χ0) is 10.7. The molecule has 0 heteroatoms. The highest BCUT2D eigenvalue weighted by atomic mass is 14.3. The second-order valence-electron chi connectivity index (χ2n) is 6.21. The molecule has 0 bridgehead atoms. The molecule has 0 amide bonds. The van der Waals surface area contributed by atoms with E-state index in [0.29, 0.717) is 0 Å². The molecule has 2 saturated carbocycles. The van der Waals surface area contributed by atoms with Crippen LogP contribution in [0.5, 0.6) is 0 Å². The summed E-state index contributed by atoms with van der Waals surface area (Å²) in [5.41, 5.74) is 0. The molecule has 0 atom stereocenters. The van der Waals surface area contributed by atoms with E-state index in [-0.39, 0.29) is 14.9 Å². The summed E-state index contributed by atoms with van der Waals surface area (Å²) in [6.45, 7) is 4.80. The zero-order valence-corrected chi connectivity index (χ0v) is 10.7. The lowest BCUT2D eigenvalue weighted by Gasteiger charge is -2.37. The van der Waals surface area contributed by atoms with E-state index in [0.717, 1.165) is 23.7 Å².